The average Bonchev–Trinajstić information content (AvgIpc) is 2.51. The number of ether oxygens (including phenoxy) is 1. The number of rotatable bonds is 0. The Morgan fingerprint density at radius 1 is 1.00 bits per heavy atom. The van der Waals surface area contributed by atoms with Gasteiger partial charge in [0.25, 0.3) is 5.97 Å². The summed E-state index contributed by atoms with van der Waals surface area (Å²) in [6, 6.07) is 0. The molecule has 24 heavy (non-hydrogen) atoms. The van der Waals surface area contributed by atoms with E-state index < -0.39 is 5.97 Å². The van der Waals surface area contributed by atoms with E-state index in [2.05, 4.69) is 19.2 Å². The Balaban J connectivity index is 0.000000220. The number of hydrogen-bond acceptors (Lipinski definition) is 3. The second-order valence-electron chi connectivity index (χ2n) is 7.83. The number of nitrogens with one attached hydrogen (secondary N) is 1. The summed E-state index contributed by atoms with van der Waals surface area (Å²) in [6.45, 7) is 8.54. The molecule has 1 saturated heterocycles. The van der Waals surface area contributed by atoms with Gasteiger partial charge in [-0.1, -0.05) is 45.4 Å². The Morgan fingerprint density at radius 2 is 1.62 bits per heavy atom. The Morgan fingerprint density at radius 3 is 2.08 bits per heavy atom. The number of morpholine rings is 1. The minimum absolute atomic E-state index is 0.425. The largest absolute Gasteiger partial charge is 0.481 e. The lowest BCUT2D eigenvalue weighted by molar-refractivity contribution is -0.134. The summed E-state index contributed by atoms with van der Waals surface area (Å²) in [7, 11) is 0. The predicted molar refractivity (Wildman–Crippen MR) is 99.3 cm³/mol. The lowest BCUT2D eigenvalue weighted by Crippen LogP contribution is -2.36. The lowest BCUT2D eigenvalue weighted by atomic mass is 9.67. The standard InChI is InChI=1S/C13H24.C5H11NO.C2H4O2/c1-11-6-4-2-3-5-7-12-8-9-13(12)10-11;1-5-4-6-2-3-7-5;1-2(3)4/h11-13H,2-10H2,1H3;5-6H,2-4H2,1H3;1H3,(H,3,4). The van der Waals surface area contributed by atoms with E-state index in [1.807, 2.05) is 0 Å². The van der Waals surface area contributed by atoms with Crippen molar-refractivity contribution in [1.82, 2.24) is 5.32 Å². The zero-order chi connectivity index (χ0) is 17.8. The fraction of sp³-hybridized carbons (Fsp3) is 0.950. The first-order chi connectivity index (χ1) is 11.5. The van der Waals surface area contributed by atoms with Crippen molar-refractivity contribution in [2.75, 3.05) is 19.7 Å². The first-order valence-electron chi connectivity index (χ1n) is 10.0. The molecule has 3 rings (SSSR count). The molecule has 4 nitrogen and oxygen atoms in total. The zero-order valence-electron chi connectivity index (χ0n) is 16.1. The van der Waals surface area contributed by atoms with E-state index in [1.54, 1.807) is 25.7 Å². The number of fused-ring (bicyclic) bond motifs is 1. The predicted octanol–water partition coefficient (Wildman–Crippen LogP) is 4.48. The normalized spacial score (nSPS) is 33.3. The molecule has 4 heteroatoms. The summed E-state index contributed by atoms with van der Waals surface area (Å²) in [4.78, 5) is 9.00. The monoisotopic (exact) mass is 341 g/mol. The van der Waals surface area contributed by atoms with Crippen LogP contribution in [0.2, 0.25) is 0 Å². The van der Waals surface area contributed by atoms with Gasteiger partial charge in [-0.3, -0.25) is 4.79 Å². The molecule has 3 aliphatic rings. The average molecular weight is 342 g/mol. The first-order valence-corrected chi connectivity index (χ1v) is 10.0. The van der Waals surface area contributed by atoms with Crippen molar-refractivity contribution in [3.63, 3.8) is 0 Å². The number of carboxylic acids is 1. The molecule has 2 saturated carbocycles. The summed E-state index contributed by atoms with van der Waals surface area (Å²) in [5.41, 5.74) is 0. The summed E-state index contributed by atoms with van der Waals surface area (Å²) in [5.74, 6) is 2.46. The van der Waals surface area contributed by atoms with Crippen molar-refractivity contribution >= 4 is 5.97 Å². The molecule has 0 amide bonds. The molecular formula is C20H39NO3. The van der Waals surface area contributed by atoms with Crippen LogP contribution in [0.25, 0.3) is 0 Å². The third kappa shape index (κ3) is 10.3. The summed E-state index contributed by atoms with van der Waals surface area (Å²) in [5, 5.41) is 10.6. The topological polar surface area (TPSA) is 58.6 Å². The number of carboxylic acid groups (broad SMARTS) is 1. The van der Waals surface area contributed by atoms with E-state index in [9.17, 15) is 0 Å². The van der Waals surface area contributed by atoms with Gasteiger partial charge in [-0.25, -0.2) is 0 Å². The molecule has 4 unspecified atom stereocenters. The van der Waals surface area contributed by atoms with Crippen LogP contribution in [0.3, 0.4) is 0 Å². The number of carbonyl (C=O) groups is 1. The molecule has 2 N–H and O–H groups in total. The highest BCUT2D eigenvalue weighted by atomic mass is 16.5. The molecule has 1 aliphatic heterocycles. The zero-order valence-corrected chi connectivity index (χ0v) is 16.1. The minimum atomic E-state index is -0.833. The molecule has 142 valence electrons. The van der Waals surface area contributed by atoms with E-state index in [0.717, 1.165) is 44.4 Å². The van der Waals surface area contributed by atoms with Gasteiger partial charge in [0.15, 0.2) is 0 Å². The smallest absolute Gasteiger partial charge is 0.300 e. The van der Waals surface area contributed by atoms with Crippen LogP contribution in [0.1, 0.15) is 78.6 Å². The third-order valence-corrected chi connectivity index (χ3v) is 5.41. The van der Waals surface area contributed by atoms with Gasteiger partial charge in [-0.15, -0.1) is 0 Å². The van der Waals surface area contributed by atoms with Crippen molar-refractivity contribution < 1.29 is 14.6 Å². The molecule has 2 aliphatic carbocycles. The summed E-state index contributed by atoms with van der Waals surface area (Å²) < 4.78 is 5.22. The SMILES string of the molecule is CC(=O)O.CC1CCCCCCC2CCC2C1.CC1CNCCO1. The van der Waals surface area contributed by atoms with Crippen LogP contribution in [0.5, 0.6) is 0 Å². The van der Waals surface area contributed by atoms with Crippen LogP contribution in [-0.2, 0) is 9.53 Å². The van der Waals surface area contributed by atoms with E-state index in [-0.39, 0.29) is 0 Å². The van der Waals surface area contributed by atoms with Crippen LogP contribution in [0, 0.1) is 17.8 Å². The van der Waals surface area contributed by atoms with Crippen LogP contribution in [0.15, 0.2) is 0 Å². The maximum absolute atomic E-state index is 9.00. The number of hydrogen-bond donors (Lipinski definition) is 2. The van der Waals surface area contributed by atoms with Gasteiger partial charge in [0.2, 0.25) is 0 Å². The van der Waals surface area contributed by atoms with Gasteiger partial charge in [-0.2, -0.15) is 0 Å². The molecule has 0 bridgehead atoms. The molecule has 1 heterocycles. The fourth-order valence-electron chi connectivity index (χ4n) is 3.91. The van der Waals surface area contributed by atoms with Crippen LogP contribution in [0.4, 0.5) is 0 Å². The van der Waals surface area contributed by atoms with E-state index in [4.69, 9.17) is 14.6 Å². The summed E-state index contributed by atoms with van der Waals surface area (Å²) >= 11 is 0. The van der Waals surface area contributed by atoms with Crippen LogP contribution >= 0.6 is 0 Å². The first kappa shape index (κ1) is 21.4. The van der Waals surface area contributed by atoms with E-state index in [0.29, 0.717) is 6.10 Å². The van der Waals surface area contributed by atoms with Gasteiger partial charge < -0.3 is 15.2 Å². The maximum Gasteiger partial charge on any atom is 0.300 e. The fourth-order valence-corrected chi connectivity index (χ4v) is 3.91. The second-order valence-corrected chi connectivity index (χ2v) is 7.83. The molecule has 0 radical (unpaired) electrons. The highest BCUT2D eigenvalue weighted by Crippen LogP contribution is 2.43. The molecule has 0 aromatic heterocycles. The summed E-state index contributed by atoms with van der Waals surface area (Å²) in [6.07, 6.45) is 14.2. The Kier molecular flexibility index (Phi) is 11.4. The Bertz CT molecular complexity index is 325. The van der Waals surface area contributed by atoms with Gasteiger partial charge in [0, 0.05) is 20.0 Å². The van der Waals surface area contributed by atoms with Crippen molar-refractivity contribution in [1.29, 1.82) is 0 Å². The third-order valence-electron chi connectivity index (χ3n) is 5.41. The molecule has 3 fully saturated rings. The highest BCUT2D eigenvalue weighted by molar-refractivity contribution is 5.62. The van der Waals surface area contributed by atoms with Gasteiger partial charge >= 0.3 is 0 Å². The molecule has 0 spiro atoms. The van der Waals surface area contributed by atoms with Crippen molar-refractivity contribution in [3.8, 4) is 0 Å². The van der Waals surface area contributed by atoms with Crippen molar-refractivity contribution in [2.45, 2.75) is 84.7 Å². The molecular weight excluding hydrogens is 302 g/mol. The minimum Gasteiger partial charge on any atom is -0.481 e. The van der Waals surface area contributed by atoms with Gasteiger partial charge in [0.05, 0.1) is 12.7 Å². The molecule has 0 aromatic rings. The quantitative estimate of drug-likeness (QED) is 0.682. The Hall–Kier alpha value is -0.610. The molecule has 4 atom stereocenters. The maximum atomic E-state index is 9.00. The van der Waals surface area contributed by atoms with Crippen molar-refractivity contribution in [2.24, 2.45) is 17.8 Å². The second kappa shape index (κ2) is 12.7. The van der Waals surface area contributed by atoms with Crippen LogP contribution < -0.4 is 5.32 Å². The van der Waals surface area contributed by atoms with Crippen LogP contribution in [-0.4, -0.2) is 36.9 Å². The van der Waals surface area contributed by atoms with E-state index >= 15 is 0 Å². The van der Waals surface area contributed by atoms with Crippen molar-refractivity contribution in [3.05, 3.63) is 0 Å². The Labute approximate surface area is 148 Å². The van der Waals surface area contributed by atoms with Gasteiger partial charge in [0.1, 0.15) is 0 Å². The van der Waals surface area contributed by atoms with Gasteiger partial charge in [-0.05, 0) is 43.9 Å². The molecule has 0 aromatic carbocycles. The highest BCUT2D eigenvalue weighted by Gasteiger charge is 2.31. The lowest BCUT2D eigenvalue weighted by Gasteiger charge is -2.39. The number of aliphatic carboxylic acids is 1. The van der Waals surface area contributed by atoms with E-state index in [1.165, 1.54) is 32.1 Å².